The van der Waals surface area contributed by atoms with Crippen LogP contribution in [0.3, 0.4) is 0 Å². The van der Waals surface area contributed by atoms with E-state index in [1.54, 1.807) is 6.20 Å². The summed E-state index contributed by atoms with van der Waals surface area (Å²) in [5, 5.41) is 10.9. The summed E-state index contributed by atoms with van der Waals surface area (Å²) in [5.74, 6) is 0. The van der Waals surface area contributed by atoms with Gasteiger partial charge in [0.25, 0.3) is 0 Å². The molecule has 0 aromatic carbocycles. The summed E-state index contributed by atoms with van der Waals surface area (Å²) in [6.07, 6.45) is 8.85. The minimum atomic E-state index is 0.864. The molecule has 0 atom stereocenters. The quantitative estimate of drug-likeness (QED) is 0.742. The summed E-state index contributed by atoms with van der Waals surface area (Å²) in [7, 11) is 0. The van der Waals surface area contributed by atoms with E-state index < -0.39 is 0 Å². The summed E-state index contributed by atoms with van der Waals surface area (Å²) in [6.45, 7) is 1.01. The van der Waals surface area contributed by atoms with Crippen LogP contribution in [0.25, 0.3) is 0 Å². The van der Waals surface area contributed by atoms with E-state index in [2.05, 4.69) is 21.7 Å². The van der Waals surface area contributed by atoms with Crippen LogP contribution in [-0.4, -0.2) is 9.55 Å². The molecule has 16 heavy (non-hydrogen) atoms. The molecule has 4 heteroatoms. The Morgan fingerprint density at radius 3 is 3.12 bits per heavy atom. The van der Waals surface area contributed by atoms with Crippen LogP contribution in [0.5, 0.6) is 0 Å². The van der Waals surface area contributed by atoms with Gasteiger partial charge in [0, 0.05) is 18.9 Å². The van der Waals surface area contributed by atoms with E-state index in [1.165, 1.54) is 16.9 Å². The third-order valence-corrected chi connectivity index (χ3v) is 3.38. The highest BCUT2D eigenvalue weighted by Crippen LogP contribution is 2.17. The Morgan fingerprint density at radius 2 is 2.38 bits per heavy atom. The lowest BCUT2D eigenvalue weighted by Gasteiger charge is -2.01. The molecule has 0 spiro atoms. The van der Waals surface area contributed by atoms with Crippen LogP contribution in [0.2, 0.25) is 0 Å². The smallest absolute Gasteiger partial charge is 0.110 e. The van der Waals surface area contributed by atoms with Crippen LogP contribution in [0.15, 0.2) is 30.2 Å². The largest absolute Gasteiger partial charge is 0.337 e. The summed E-state index contributed by atoms with van der Waals surface area (Å²) in [6, 6.07) is 4.29. The van der Waals surface area contributed by atoms with Gasteiger partial charge in [-0.15, -0.1) is 11.3 Å². The van der Waals surface area contributed by atoms with Crippen molar-refractivity contribution < 1.29 is 0 Å². The van der Waals surface area contributed by atoms with Crippen molar-refractivity contribution in [1.29, 1.82) is 5.26 Å². The zero-order valence-electron chi connectivity index (χ0n) is 8.97. The first-order chi connectivity index (χ1) is 7.90. The number of nitriles is 1. The highest BCUT2D eigenvalue weighted by Gasteiger charge is 2.02. The SMILES string of the molecule is N#Cc1sccc1CCCCn1ccnc1. The van der Waals surface area contributed by atoms with Gasteiger partial charge in [-0.05, 0) is 36.3 Å². The second kappa shape index (κ2) is 5.47. The first-order valence-corrected chi connectivity index (χ1v) is 6.20. The van der Waals surface area contributed by atoms with E-state index in [0.717, 1.165) is 30.7 Å². The van der Waals surface area contributed by atoms with Gasteiger partial charge in [-0.1, -0.05) is 0 Å². The Balaban J connectivity index is 1.75. The molecule has 2 rings (SSSR count). The first kappa shape index (κ1) is 10.9. The molecule has 0 amide bonds. The molecule has 0 bridgehead atoms. The van der Waals surface area contributed by atoms with Crippen molar-refractivity contribution in [2.75, 3.05) is 0 Å². The third kappa shape index (κ3) is 2.71. The maximum absolute atomic E-state index is 8.86. The zero-order chi connectivity index (χ0) is 11.2. The molecular formula is C12H13N3S. The van der Waals surface area contributed by atoms with Gasteiger partial charge in [0.15, 0.2) is 0 Å². The number of imidazole rings is 1. The molecule has 2 heterocycles. The van der Waals surface area contributed by atoms with E-state index in [4.69, 9.17) is 5.26 Å². The van der Waals surface area contributed by atoms with Crippen molar-refractivity contribution in [2.45, 2.75) is 25.8 Å². The van der Waals surface area contributed by atoms with E-state index in [0.29, 0.717) is 0 Å². The fourth-order valence-corrected chi connectivity index (χ4v) is 2.40. The van der Waals surface area contributed by atoms with E-state index in [9.17, 15) is 0 Å². The van der Waals surface area contributed by atoms with Crippen LogP contribution in [-0.2, 0) is 13.0 Å². The molecule has 0 saturated heterocycles. The Labute approximate surface area is 99.0 Å². The molecular weight excluding hydrogens is 218 g/mol. The number of hydrogen-bond donors (Lipinski definition) is 0. The lowest BCUT2D eigenvalue weighted by atomic mass is 10.1. The molecule has 2 aromatic heterocycles. The number of aryl methyl sites for hydroxylation is 2. The Hall–Kier alpha value is -1.60. The molecule has 3 nitrogen and oxygen atoms in total. The third-order valence-electron chi connectivity index (χ3n) is 2.52. The monoisotopic (exact) mass is 231 g/mol. The normalized spacial score (nSPS) is 10.2. The highest BCUT2D eigenvalue weighted by atomic mass is 32.1. The molecule has 0 aliphatic rings. The van der Waals surface area contributed by atoms with Gasteiger partial charge in [-0.3, -0.25) is 0 Å². The van der Waals surface area contributed by atoms with Gasteiger partial charge in [-0.2, -0.15) is 5.26 Å². The number of thiophene rings is 1. The molecule has 0 N–H and O–H groups in total. The molecule has 0 fully saturated rings. The maximum Gasteiger partial charge on any atom is 0.110 e. The molecule has 82 valence electrons. The van der Waals surface area contributed by atoms with Crippen molar-refractivity contribution in [3.8, 4) is 6.07 Å². The lowest BCUT2D eigenvalue weighted by molar-refractivity contribution is 0.609. The van der Waals surface area contributed by atoms with Crippen LogP contribution in [0, 0.1) is 11.3 Å². The van der Waals surface area contributed by atoms with Crippen molar-refractivity contribution in [3.05, 3.63) is 40.6 Å². The summed E-state index contributed by atoms with van der Waals surface area (Å²) in [5.41, 5.74) is 1.19. The Bertz CT molecular complexity index is 465. The first-order valence-electron chi connectivity index (χ1n) is 5.32. The van der Waals surface area contributed by atoms with Crippen LogP contribution in [0.4, 0.5) is 0 Å². The van der Waals surface area contributed by atoms with Crippen LogP contribution in [0.1, 0.15) is 23.3 Å². The Kier molecular flexibility index (Phi) is 3.73. The van der Waals surface area contributed by atoms with Gasteiger partial charge in [0.1, 0.15) is 10.9 Å². The maximum atomic E-state index is 8.86. The second-order valence-corrected chi connectivity index (χ2v) is 4.56. The number of aromatic nitrogens is 2. The minimum Gasteiger partial charge on any atom is -0.337 e. The number of rotatable bonds is 5. The predicted molar refractivity (Wildman–Crippen MR) is 64.2 cm³/mol. The highest BCUT2D eigenvalue weighted by molar-refractivity contribution is 7.10. The molecule has 0 radical (unpaired) electrons. The molecule has 0 aliphatic heterocycles. The van der Waals surface area contributed by atoms with Crippen molar-refractivity contribution in [1.82, 2.24) is 9.55 Å². The summed E-state index contributed by atoms with van der Waals surface area (Å²) < 4.78 is 2.08. The number of hydrogen-bond acceptors (Lipinski definition) is 3. The van der Waals surface area contributed by atoms with Gasteiger partial charge in [0.2, 0.25) is 0 Å². The molecule has 2 aromatic rings. The summed E-state index contributed by atoms with van der Waals surface area (Å²) in [4.78, 5) is 4.86. The summed E-state index contributed by atoms with van der Waals surface area (Å²) >= 11 is 1.53. The molecule has 0 unspecified atom stereocenters. The van der Waals surface area contributed by atoms with E-state index >= 15 is 0 Å². The van der Waals surface area contributed by atoms with Crippen molar-refractivity contribution in [3.63, 3.8) is 0 Å². The fourth-order valence-electron chi connectivity index (χ4n) is 1.66. The van der Waals surface area contributed by atoms with Crippen LogP contribution < -0.4 is 0 Å². The van der Waals surface area contributed by atoms with E-state index in [1.807, 2.05) is 17.9 Å². The second-order valence-electron chi connectivity index (χ2n) is 3.64. The molecule has 0 aliphatic carbocycles. The lowest BCUT2D eigenvalue weighted by Crippen LogP contribution is -1.95. The van der Waals surface area contributed by atoms with Gasteiger partial charge in [0.05, 0.1) is 6.33 Å². The van der Waals surface area contributed by atoms with Crippen molar-refractivity contribution >= 4 is 11.3 Å². The number of unbranched alkanes of at least 4 members (excludes halogenated alkanes) is 1. The number of nitrogens with zero attached hydrogens (tertiary/aromatic N) is 3. The van der Waals surface area contributed by atoms with Gasteiger partial charge >= 0.3 is 0 Å². The standard InChI is InChI=1S/C12H13N3S/c13-9-12-11(4-8-16-12)3-1-2-6-15-7-5-14-10-15/h4-5,7-8,10H,1-3,6H2. The predicted octanol–water partition coefficient (Wildman–Crippen LogP) is 2.84. The van der Waals surface area contributed by atoms with E-state index in [-0.39, 0.29) is 0 Å². The zero-order valence-corrected chi connectivity index (χ0v) is 9.78. The fraction of sp³-hybridized carbons (Fsp3) is 0.333. The van der Waals surface area contributed by atoms with Crippen molar-refractivity contribution in [2.24, 2.45) is 0 Å². The molecule has 0 saturated carbocycles. The van der Waals surface area contributed by atoms with Crippen LogP contribution >= 0.6 is 11.3 Å². The Morgan fingerprint density at radius 1 is 1.44 bits per heavy atom. The van der Waals surface area contributed by atoms with Gasteiger partial charge in [-0.25, -0.2) is 4.98 Å². The topological polar surface area (TPSA) is 41.6 Å². The van der Waals surface area contributed by atoms with Gasteiger partial charge < -0.3 is 4.57 Å². The minimum absolute atomic E-state index is 0.864. The average molecular weight is 231 g/mol. The average Bonchev–Trinajstić information content (AvgIpc) is 2.95.